The van der Waals surface area contributed by atoms with Gasteiger partial charge in [-0.1, -0.05) is 0 Å². The first-order valence-corrected chi connectivity index (χ1v) is 4.46. The van der Waals surface area contributed by atoms with E-state index in [0.717, 1.165) is 0 Å². The Bertz CT molecular complexity index is 245. The number of likely N-dealkylation sites (N-methyl/N-ethyl adjacent to an activating group) is 1. The molecule has 0 radical (unpaired) electrons. The van der Waals surface area contributed by atoms with Crippen molar-refractivity contribution >= 4 is 11.9 Å². The van der Waals surface area contributed by atoms with Crippen LogP contribution >= 0.6 is 0 Å². The molecule has 0 N–H and O–H groups in total. The molecule has 5 nitrogen and oxygen atoms in total. The SMILES string of the molecule is CCOC(=O)CN(CC)C(=O)CC#N. The normalized spacial score (nSPS) is 8.93. The smallest absolute Gasteiger partial charge is 0.325 e. The van der Waals surface area contributed by atoms with E-state index in [1.54, 1.807) is 19.9 Å². The highest BCUT2D eigenvalue weighted by molar-refractivity contribution is 5.83. The summed E-state index contributed by atoms with van der Waals surface area (Å²) < 4.78 is 4.69. The van der Waals surface area contributed by atoms with Crippen LogP contribution in [-0.4, -0.2) is 36.5 Å². The van der Waals surface area contributed by atoms with Crippen LogP contribution in [0.25, 0.3) is 0 Å². The Morgan fingerprint density at radius 1 is 1.43 bits per heavy atom. The van der Waals surface area contributed by atoms with E-state index >= 15 is 0 Å². The second-order valence-electron chi connectivity index (χ2n) is 2.55. The molecule has 0 aliphatic carbocycles. The van der Waals surface area contributed by atoms with E-state index in [4.69, 9.17) is 5.26 Å². The van der Waals surface area contributed by atoms with E-state index in [1.807, 2.05) is 0 Å². The Hall–Kier alpha value is -1.57. The van der Waals surface area contributed by atoms with E-state index < -0.39 is 5.97 Å². The minimum absolute atomic E-state index is 0.0785. The zero-order valence-electron chi connectivity index (χ0n) is 8.45. The van der Waals surface area contributed by atoms with Crippen molar-refractivity contribution in [2.75, 3.05) is 19.7 Å². The molecule has 0 aromatic heterocycles. The number of carbonyl (C=O) groups excluding carboxylic acids is 2. The van der Waals surface area contributed by atoms with Gasteiger partial charge in [0.2, 0.25) is 5.91 Å². The zero-order valence-corrected chi connectivity index (χ0v) is 8.45. The molecule has 0 heterocycles. The highest BCUT2D eigenvalue weighted by Crippen LogP contribution is 1.94. The zero-order chi connectivity index (χ0) is 11.0. The molecule has 0 aromatic carbocycles. The first-order chi connectivity index (χ1) is 6.65. The largest absolute Gasteiger partial charge is 0.465 e. The fraction of sp³-hybridized carbons (Fsp3) is 0.667. The number of hydrogen-bond donors (Lipinski definition) is 0. The molecule has 0 spiro atoms. The summed E-state index contributed by atoms with van der Waals surface area (Å²) in [6.45, 7) is 4.06. The molecule has 78 valence electrons. The maximum absolute atomic E-state index is 11.2. The van der Waals surface area contributed by atoms with Gasteiger partial charge in [0.1, 0.15) is 13.0 Å². The van der Waals surface area contributed by atoms with Crippen LogP contribution in [0.5, 0.6) is 0 Å². The van der Waals surface area contributed by atoms with Crippen LogP contribution in [0.3, 0.4) is 0 Å². The van der Waals surface area contributed by atoms with Crippen molar-refractivity contribution in [2.45, 2.75) is 20.3 Å². The highest BCUT2D eigenvalue weighted by Gasteiger charge is 2.15. The van der Waals surface area contributed by atoms with Gasteiger partial charge < -0.3 is 9.64 Å². The molecule has 14 heavy (non-hydrogen) atoms. The number of esters is 1. The van der Waals surface area contributed by atoms with Crippen molar-refractivity contribution < 1.29 is 14.3 Å². The molecule has 0 fully saturated rings. The molecule has 0 unspecified atom stereocenters. The Balaban J connectivity index is 4.09. The third-order valence-electron chi connectivity index (χ3n) is 1.59. The highest BCUT2D eigenvalue weighted by atomic mass is 16.5. The second kappa shape index (κ2) is 6.89. The van der Waals surface area contributed by atoms with Crippen LogP contribution in [0.2, 0.25) is 0 Å². The Morgan fingerprint density at radius 3 is 2.50 bits per heavy atom. The summed E-state index contributed by atoms with van der Waals surface area (Å²) in [5.74, 6) is -0.788. The first kappa shape index (κ1) is 12.4. The van der Waals surface area contributed by atoms with Crippen LogP contribution in [0, 0.1) is 11.3 Å². The van der Waals surface area contributed by atoms with Crippen molar-refractivity contribution in [1.29, 1.82) is 5.26 Å². The van der Waals surface area contributed by atoms with Crippen molar-refractivity contribution in [1.82, 2.24) is 4.90 Å². The van der Waals surface area contributed by atoms with Gasteiger partial charge in [0.25, 0.3) is 0 Å². The Kier molecular flexibility index (Phi) is 6.12. The summed E-state index contributed by atoms with van der Waals surface area (Å²) in [7, 11) is 0. The van der Waals surface area contributed by atoms with Crippen molar-refractivity contribution in [3.8, 4) is 6.07 Å². The third-order valence-corrected chi connectivity index (χ3v) is 1.59. The molecule has 0 bridgehead atoms. The second-order valence-corrected chi connectivity index (χ2v) is 2.55. The standard InChI is InChI=1S/C9H14N2O3/c1-3-11(8(12)5-6-10)7-9(13)14-4-2/h3-5,7H2,1-2H3. The summed E-state index contributed by atoms with van der Waals surface area (Å²) in [5.41, 5.74) is 0. The molecule has 0 atom stereocenters. The lowest BCUT2D eigenvalue weighted by molar-refractivity contribution is -0.148. The predicted octanol–water partition coefficient (Wildman–Crippen LogP) is 0.312. The molecular formula is C9H14N2O3. The van der Waals surface area contributed by atoms with Crippen LogP contribution in [0.15, 0.2) is 0 Å². The lowest BCUT2D eigenvalue weighted by Crippen LogP contribution is -2.35. The van der Waals surface area contributed by atoms with Crippen LogP contribution < -0.4 is 0 Å². The van der Waals surface area contributed by atoms with Gasteiger partial charge in [0.05, 0.1) is 12.7 Å². The minimum atomic E-state index is -0.444. The van der Waals surface area contributed by atoms with Gasteiger partial charge in [0.15, 0.2) is 0 Å². The molecule has 0 saturated heterocycles. The molecular weight excluding hydrogens is 184 g/mol. The average Bonchev–Trinajstić information content (AvgIpc) is 2.15. The number of carbonyl (C=O) groups is 2. The van der Waals surface area contributed by atoms with Crippen LogP contribution in [-0.2, 0) is 14.3 Å². The van der Waals surface area contributed by atoms with E-state index in [2.05, 4.69) is 4.74 Å². The fourth-order valence-corrected chi connectivity index (χ4v) is 0.918. The maximum Gasteiger partial charge on any atom is 0.325 e. The van der Waals surface area contributed by atoms with E-state index in [9.17, 15) is 9.59 Å². The van der Waals surface area contributed by atoms with Gasteiger partial charge in [-0.25, -0.2) is 0 Å². The third kappa shape index (κ3) is 4.45. The fourth-order valence-electron chi connectivity index (χ4n) is 0.918. The number of hydrogen-bond acceptors (Lipinski definition) is 4. The lowest BCUT2D eigenvalue weighted by Gasteiger charge is -2.17. The molecule has 0 saturated carbocycles. The number of rotatable bonds is 5. The van der Waals surface area contributed by atoms with Crippen LogP contribution in [0.4, 0.5) is 0 Å². The first-order valence-electron chi connectivity index (χ1n) is 4.46. The number of ether oxygens (including phenoxy) is 1. The lowest BCUT2D eigenvalue weighted by atomic mass is 10.3. The minimum Gasteiger partial charge on any atom is -0.465 e. The summed E-state index contributed by atoms with van der Waals surface area (Å²) >= 11 is 0. The molecule has 0 rings (SSSR count). The van der Waals surface area contributed by atoms with Crippen molar-refractivity contribution in [2.24, 2.45) is 0 Å². The Labute approximate surface area is 83.2 Å². The number of amides is 1. The molecule has 0 aliphatic heterocycles. The summed E-state index contributed by atoms with van der Waals surface area (Å²) in [5, 5.41) is 8.30. The summed E-state index contributed by atoms with van der Waals surface area (Å²) in [6, 6.07) is 1.74. The summed E-state index contributed by atoms with van der Waals surface area (Å²) in [6.07, 6.45) is -0.201. The predicted molar refractivity (Wildman–Crippen MR) is 49.1 cm³/mol. The van der Waals surface area contributed by atoms with E-state index in [1.165, 1.54) is 4.90 Å². The quantitative estimate of drug-likeness (QED) is 0.596. The van der Waals surface area contributed by atoms with Crippen LogP contribution in [0.1, 0.15) is 20.3 Å². The van der Waals surface area contributed by atoms with E-state index in [0.29, 0.717) is 13.2 Å². The number of nitriles is 1. The van der Waals surface area contributed by atoms with E-state index in [-0.39, 0.29) is 18.9 Å². The maximum atomic E-state index is 11.2. The Morgan fingerprint density at radius 2 is 2.07 bits per heavy atom. The van der Waals surface area contributed by atoms with Gasteiger partial charge >= 0.3 is 5.97 Å². The van der Waals surface area contributed by atoms with Gasteiger partial charge in [-0.2, -0.15) is 5.26 Å². The van der Waals surface area contributed by atoms with Gasteiger partial charge in [-0.15, -0.1) is 0 Å². The topological polar surface area (TPSA) is 70.4 Å². The van der Waals surface area contributed by atoms with Gasteiger partial charge in [0, 0.05) is 6.54 Å². The molecule has 0 aliphatic rings. The average molecular weight is 198 g/mol. The van der Waals surface area contributed by atoms with Gasteiger partial charge in [-0.3, -0.25) is 9.59 Å². The molecule has 5 heteroatoms. The van der Waals surface area contributed by atoms with Crippen molar-refractivity contribution in [3.05, 3.63) is 0 Å². The summed E-state index contributed by atoms with van der Waals surface area (Å²) in [4.78, 5) is 23.5. The number of nitrogens with zero attached hydrogens (tertiary/aromatic N) is 2. The monoisotopic (exact) mass is 198 g/mol. The van der Waals surface area contributed by atoms with Gasteiger partial charge in [-0.05, 0) is 13.8 Å². The molecule has 0 aromatic rings. The molecule has 1 amide bonds. The van der Waals surface area contributed by atoms with Crippen molar-refractivity contribution in [3.63, 3.8) is 0 Å².